The number of carbonyl (C=O) groups is 1. The van der Waals surface area contributed by atoms with Crippen molar-refractivity contribution >= 4 is 28.8 Å². The maximum absolute atomic E-state index is 11.4. The molecule has 0 aliphatic carbocycles. The van der Waals surface area contributed by atoms with Crippen LogP contribution in [0.15, 0.2) is 42.5 Å². The van der Waals surface area contributed by atoms with Crippen LogP contribution in [0.1, 0.15) is 22.8 Å². The summed E-state index contributed by atoms with van der Waals surface area (Å²) in [7, 11) is 1.90. The van der Waals surface area contributed by atoms with Crippen LogP contribution in [0.5, 0.6) is 0 Å². The van der Waals surface area contributed by atoms with Crippen molar-refractivity contribution in [1.29, 1.82) is 5.26 Å². The number of nitrogens with zero attached hydrogens (tertiary/aromatic N) is 2. The van der Waals surface area contributed by atoms with Gasteiger partial charge in [0.2, 0.25) is 0 Å². The summed E-state index contributed by atoms with van der Waals surface area (Å²) >= 11 is 6.11. The van der Waals surface area contributed by atoms with Crippen molar-refractivity contribution in [3.8, 4) is 6.07 Å². The number of halogens is 1. The molecule has 0 atom stereocenters. The van der Waals surface area contributed by atoms with Crippen LogP contribution in [-0.4, -0.2) is 12.8 Å². The van der Waals surface area contributed by atoms with Crippen LogP contribution < -0.4 is 4.90 Å². The Kier molecular flexibility index (Phi) is 4.07. The molecule has 4 heteroatoms. The van der Waals surface area contributed by atoms with Gasteiger partial charge in [0.25, 0.3) is 0 Å². The molecule has 2 aromatic carbocycles. The fourth-order valence-corrected chi connectivity index (χ4v) is 2.21. The molecule has 100 valence electrons. The quantitative estimate of drug-likeness (QED) is 0.794. The van der Waals surface area contributed by atoms with Gasteiger partial charge in [0, 0.05) is 24.0 Å². The highest BCUT2D eigenvalue weighted by Gasteiger charge is 2.09. The van der Waals surface area contributed by atoms with Gasteiger partial charge in [-0.15, -0.1) is 0 Å². The first-order valence-corrected chi connectivity index (χ1v) is 6.45. The standard InChI is InChI=1S/C16H13ClN2O/c1-11(20)15-8-7-14(9-16(15)17)19(2)13-5-3-12(10-18)4-6-13/h3-9H,1-2H3. The zero-order valence-corrected chi connectivity index (χ0v) is 12.0. The minimum Gasteiger partial charge on any atom is -0.345 e. The van der Waals surface area contributed by atoms with Crippen LogP contribution in [0.25, 0.3) is 0 Å². The van der Waals surface area contributed by atoms with Crippen LogP contribution >= 0.6 is 11.6 Å². The fraction of sp³-hybridized carbons (Fsp3) is 0.125. The van der Waals surface area contributed by atoms with Gasteiger partial charge in [0.15, 0.2) is 5.78 Å². The van der Waals surface area contributed by atoms with E-state index in [1.807, 2.05) is 30.1 Å². The molecule has 0 saturated carbocycles. The molecule has 0 N–H and O–H groups in total. The highest BCUT2D eigenvalue weighted by atomic mass is 35.5. The Bertz CT molecular complexity index is 687. The number of rotatable bonds is 3. The molecule has 2 rings (SSSR count). The van der Waals surface area contributed by atoms with Crippen LogP contribution in [0.3, 0.4) is 0 Å². The number of nitriles is 1. The van der Waals surface area contributed by atoms with E-state index in [1.165, 1.54) is 6.92 Å². The molecule has 0 aliphatic rings. The molecular weight excluding hydrogens is 272 g/mol. The Labute approximate surface area is 123 Å². The summed E-state index contributed by atoms with van der Waals surface area (Å²) in [5.41, 5.74) is 2.95. The largest absolute Gasteiger partial charge is 0.345 e. The predicted molar refractivity (Wildman–Crippen MR) is 80.7 cm³/mol. The average molecular weight is 285 g/mol. The number of anilines is 2. The Morgan fingerprint density at radius 2 is 1.75 bits per heavy atom. The number of Topliss-reactive ketones (excluding diaryl/α,β-unsaturated/α-hetero) is 1. The molecule has 0 amide bonds. The maximum Gasteiger partial charge on any atom is 0.161 e. The molecular formula is C16H13ClN2O. The molecule has 0 aromatic heterocycles. The third-order valence-corrected chi connectivity index (χ3v) is 3.42. The minimum absolute atomic E-state index is 0.0532. The van der Waals surface area contributed by atoms with Gasteiger partial charge >= 0.3 is 0 Å². The Morgan fingerprint density at radius 3 is 2.25 bits per heavy atom. The van der Waals surface area contributed by atoms with Crippen LogP contribution in [0.2, 0.25) is 5.02 Å². The van der Waals surface area contributed by atoms with E-state index < -0.39 is 0 Å². The Hall–Kier alpha value is -2.31. The lowest BCUT2D eigenvalue weighted by Gasteiger charge is -2.20. The summed E-state index contributed by atoms with van der Waals surface area (Å²) in [6.45, 7) is 1.49. The molecule has 0 radical (unpaired) electrons. The molecule has 0 bridgehead atoms. The Morgan fingerprint density at radius 1 is 1.15 bits per heavy atom. The van der Waals surface area contributed by atoms with Crippen LogP contribution in [0, 0.1) is 11.3 Å². The van der Waals surface area contributed by atoms with E-state index in [4.69, 9.17) is 16.9 Å². The van der Waals surface area contributed by atoms with E-state index in [2.05, 4.69) is 6.07 Å². The summed E-state index contributed by atoms with van der Waals surface area (Å²) in [6.07, 6.45) is 0. The second-order valence-electron chi connectivity index (χ2n) is 4.44. The van der Waals surface area contributed by atoms with Crippen molar-refractivity contribution in [1.82, 2.24) is 0 Å². The van der Waals surface area contributed by atoms with E-state index >= 15 is 0 Å². The highest BCUT2D eigenvalue weighted by molar-refractivity contribution is 6.34. The lowest BCUT2D eigenvalue weighted by atomic mass is 10.1. The number of hydrogen-bond donors (Lipinski definition) is 0. The van der Waals surface area contributed by atoms with Gasteiger partial charge in [0.05, 0.1) is 16.7 Å². The molecule has 0 fully saturated rings. The van der Waals surface area contributed by atoms with Crippen LogP contribution in [0.4, 0.5) is 11.4 Å². The van der Waals surface area contributed by atoms with Gasteiger partial charge in [-0.2, -0.15) is 5.26 Å². The molecule has 0 saturated heterocycles. The van der Waals surface area contributed by atoms with E-state index in [9.17, 15) is 4.79 Å². The molecule has 0 heterocycles. The van der Waals surface area contributed by atoms with Crippen LogP contribution in [-0.2, 0) is 0 Å². The van der Waals surface area contributed by atoms with Crippen molar-refractivity contribution < 1.29 is 4.79 Å². The topological polar surface area (TPSA) is 44.1 Å². The summed E-state index contributed by atoms with van der Waals surface area (Å²) in [5, 5.41) is 9.23. The third-order valence-electron chi connectivity index (χ3n) is 3.10. The lowest BCUT2D eigenvalue weighted by Crippen LogP contribution is -2.09. The van der Waals surface area contributed by atoms with Gasteiger partial charge in [-0.05, 0) is 49.4 Å². The number of ketones is 1. The van der Waals surface area contributed by atoms with Crippen molar-refractivity contribution in [2.75, 3.05) is 11.9 Å². The smallest absolute Gasteiger partial charge is 0.161 e. The van der Waals surface area contributed by atoms with Gasteiger partial charge in [-0.1, -0.05) is 11.6 Å². The van der Waals surface area contributed by atoms with E-state index in [1.54, 1.807) is 24.3 Å². The van der Waals surface area contributed by atoms with E-state index in [0.717, 1.165) is 11.4 Å². The maximum atomic E-state index is 11.4. The molecule has 2 aromatic rings. The molecule has 20 heavy (non-hydrogen) atoms. The first-order valence-electron chi connectivity index (χ1n) is 6.07. The minimum atomic E-state index is -0.0532. The zero-order chi connectivity index (χ0) is 14.7. The van der Waals surface area contributed by atoms with Crippen molar-refractivity contribution in [3.63, 3.8) is 0 Å². The average Bonchev–Trinajstić information content (AvgIpc) is 2.46. The fourth-order valence-electron chi connectivity index (χ4n) is 1.91. The zero-order valence-electron chi connectivity index (χ0n) is 11.2. The highest BCUT2D eigenvalue weighted by Crippen LogP contribution is 2.28. The third kappa shape index (κ3) is 2.81. The van der Waals surface area contributed by atoms with Gasteiger partial charge in [0.1, 0.15) is 0 Å². The second kappa shape index (κ2) is 5.77. The summed E-state index contributed by atoms with van der Waals surface area (Å²) in [5.74, 6) is -0.0532. The normalized spacial score (nSPS) is 9.90. The van der Waals surface area contributed by atoms with Crippen molar-refractivity contribution in [2.24, 2.45) is 0 Å². The Balaban J connectivity index is 2.33. The van der Waals surface area contributed by atoms with Crippen molar-refractivity contribution in [3.05, 3.63) is 58.6 Å². The number of carbonyl (C=O) groups excluding carboxylic acids is 1. The molecule has 0 aliphatic heterocycles. The van der Waals surface area contributed by atoms with Crippen molar-refractivity contribution in [2.45, 2.75) is 6.92 Å². The second-order valence-corrected chi connectivity index (χ2v) is 4.85. The summed E-state index contributed by atoms with van der Waals surface area (Å²) in [4.78, 5) is 13.3. The summed E-state index contributed by atoms with van der Waals surface area (Å²) in [6, 6.07) is 14.7. The number of hydrogen-bond acceptors (Lipinski definition) is 3. The van der Waals surface area contributed by atoms with E-state index in [-0.39, 0.29) is 5.78 Å². The number of benzene rings is 2. The molecule has 0 unspecified atom stereocenters. The SMILES string of the molecule is CC(=O)c1ccc(N(C)c2ccc(C#N)cc2)cc1Cl. The van der Waals surface area contributed by atoms with Gasteiger partial charge in [-0.3, -0.25) is 4.79 Å². The first kappa shape index (κ1) is 14.1. The van der Waals surface area contributed by atoms with E-state index in [0.29, 0.717) is 16.1 Å². The first-order chi connectivity index (χ1) is 9.52. The lowest BCUT2D eigenvalue weighted by molar-refractivity contribution is 0.101. The molecule has 3 nitrogen and oxygen atoms in total. The predicted octanol–water partition coefficient (Wildman–Crippen LogP) is 4.18. The monoisotopic (exact) mass is 284 g/mol. The van der Waals surface area contributed by atoms with Gasteiger partial charge < -0.3 is 4.90 Å². The van der Waals surface area contributed by atoms with Gasteiger partial charge in [-0.25, -0.2) is 0 Å². The molecule has 0 spiro atoms. The summed E-state index contributed by atoms with van der Waals surface area (Å²) < 4.78 is 0.